The molecule has 3 rings (SSSR count). The number of ether oxygens (including phenoxy) is 1. The molecule has 23 heavy (non-hydrogen) atoms. The lowest BCUT2D eigenvalue weighted by Gasteiger charge is -2.27. The number of carbonyl (C=O) groups excluding carboxylic acids is 1. The van der Waals surface area contributed by atoms with Gasteiger partial charge in [-0.05, 0) is 58.5 Å². The number of hydrogen-bond donors (Lipinski definition) is 1. The van der Waals surface area contributed by atoms with E-state index in [9.17, 15) is 4.79 Å². The molecule has 120 valence electrons. The Morgan fingerprint density at radius 3 is 2.57 bits per heavy atom. The monoisotopic (exact) mass is 423 g/mol. The van der Waals surface area contributed by atoms with Crippen LogP contribution in [-0.4, -0.2) is 37.2 Å². The number of halogens is 1. The quantitative estimate of drug-likeness (QED) is 0.768. The van der Waals surface area contributed by atoms with Gasteiger partial charge in [0.2, 0.25) is 0 Å². The van der Waals surface area contributed by atoms with Crippen molar-refractivity contribution in [1.82, 2.24) is 10.3 Å². The number of anilines is 1. The van der Waals surface area contributed by atoms with Crippen molar-refractivity contribution < 1.29 is 9.53 Å². The first-order valence-corrected chi connectivity index (χ1v) is 8.61. The lowest BCUT2D eigenvalue weighted by atomic mass is 10.2. The number of hydrogen-bond acceptors (Lipinski definition) is 4. The van der Waals surface area contributed by atoms with Crippen LogP contribution in [0.5, 0.6) is 0 Å². The molecule has 1 aliphatic rings. The second kappa shape index (κ2) is 7.74. The maximum Gasteiger partial charge on any atom is 0.251 e. The van der Waals surface area contributed by atoms with Gasteiger partial charge < -0.3 is 15.0 Å². The van der Waals surface area contributed by atoms with E-state index in [-0.39, 0.29) is 5.91 Å². The van der Waals surface area contributed by atoms with Crippen LogP contribution in [0.2, 0.25) is 0 Å². The highest BCUT2D eigenvalue weighted by atomic mass is 127. The maximum absolute atomic E-state index is 12.1. The molecule has 0 spiro atoms. The number of aromatic nitrogens is 1. The van der Waals surface area contributed by atoms with E-state index in [1.54, 1.807) is 0 Å². The molecule has 1 aromatic carbocycles. The molecule has 1 aliphatic heterocycles. The van der Waals surface area contributed by atoms with Crippen molar-refractivity contribution in [3.05, 3.63) is 57.3 Å². The van der Waals surface area contributed by atoms with Gasteiger partial charge in [0.05, 0.1) is 13.2 Å². The van der Waals surface area contributed by atoms with Crippen molar-refractivity contribution in [2.45, 2.75) is 6.54 Å². The Morgan fingerprint density at radius 2 is 1.91 bits per heavy atom. The van der Waals surface area contributed by atoms with Gasteiger partial charge in [-0.2, -0.15) is 0 Å². The van der Waals surface area contributed by atoms with Gasteiger partial charge in [-0.1, -0.05) is 6.07 Å². The summed E-state index contributed by atoms with van der Waals surface area (Å²) in [5, 5.41) is 2.92. The average molecular weight is 423 g/mol. The minimum Gasteiger partial charge on any atom is -0.378 e. The molecule has 0 bridgehead atoms. The highest BCUT2D eigenvalue weighted by Gasteiger charge is 2.12. The Hall–Kier alpha value is -1.67. The summed E-state index contributed by atoms with van der Waals surface area (Å²) in [6.45, 7) is 3.71. The van der Waals surface area contributed by atoms with E-state index >= 15 is 0 Å². The number of rotatable bonds is 4. The van der Waals surface area contributed by atoms with E-state index in [4.69, 9.17) is 4.74 Å². The van der Waals surface area contributed by atoms with Crippen molar-refractivity contribution in [3.63, 3.8) is 0 Å². The van der Waals surface area contributed by atoms with Crippen LogP contribution < -0.4 is 10.2 Å². The lowest BCUT2D eigenvalue weighted by Crippen LogP contribution is -2.36. The van der Waals surface area contributed by atoms with Crippen LogP contribution in [0, 0.1) is 3.57 Å². The Balaban J connectivity index is 1.55. The Bertz CT molecular complexity index is 653. The molecule has 0 saturated carbocycles. The highest BCUT2D eigenvalue weighted by molar-refractivity contribution is 14.1. The van der Waals surface area contributed by atoms with Crippen LogP contribution in [0.3, 0.4) is 0 Å². The van der Waals surface area contributed by atoms with E-state index in [0.717, 1.165) is 41.3 Å². The first kappa shape index (κ1) is 16.2. The first-order valence-electron chi connectivity index (χ1n) is 7.54. The van der Waals surface area contributed by atoms with E-state index < -0.39 is 0 Å². The number of pyridine rings is 1. The van der Waals surface area contributed by atoms with Crippen LogP contribution in [0.25, 0.3) is 0 Å². The minimum absolute atomic E-state index is 0.0707. The summed E-state index contributed by atoms with van der Waals surface area (Å²) in [6.07, 6.45) is 1.82. The molecule has 2 aromatic rings. The van der Waals surface area contributed by atoms with Gasteiger partial charge in [-0.25, -0.2) is 4.98 Å². The van der Waals surface area contributed by atoms with Crippen LogP contribution in [0.15, 0.2) is 42.6 Å². The number of morpholine rings is 1. The second-order valence-electron chi connectivity index (χ2n) is 5.31. The predicted octanol–water partition coefficient (Wildman–Crippen LogP) is 2.45. The van der Waals surface area contributed by atoms with Crippen LogP contribution in [0.4, 0.5) is 5.82 Å². The van der Waals surface area contributed by atoms with Gasteiger partial charge in [-0.3, -0.25) is 4.79 Å². The normalized spacial score (nSPS) is 14.6. The summed E-state index contributed by atoms with van der Waals surface area (Å²) in [5.41, 5.74) is 1.66. The van der Waals surface area contributed by atoms with Crippen molar-refractivity contribution in [3.8, 4) is 0 Å². The molecule has 6 heteroatoms. The summed E-state index contributed by atoms with van der Waals surface area (Å²) >= 11 is 2.22. The second-order valence-corrected chi connectivity index (χ2v) is 6.56. The third-order valence-corrected chi connectivity index (χ3v) is 4.42. The third-order valence-electron chi connectivity index (χ3n) is 3.70. The van der Waals surface area contributed by atoms with Gasteiger partial charge in [0.25, 0.3) is 5.91 Å². The zero-order chi connectivity index (χ0) is 16.1. The molecule has 1 saturated heterocycles. The van der Waals surface area contributed by atoms with Crippen LogP contribution >= 0.6 is 22.6 Å². The van der Waals surface area contributed by atoms with Crippen molar-refractivity contribution >= 4 is 34.3 Å². The predicted molar refractivity (Wildman–Crippen MR) is 97.6 cm³/mol. The van der Waals surface area contributed by atoms with E-state index in [0.29, 0.717) is 12.1 Å². The largest absolute Gasteiger partial charge is 0.378 e. The van der Waals surface area contributed by atoms with Gasteiger partial charge >= 0.3 is 0 Å². The molecule has 0 atom stereocenters. The summed E-state index contributed by atoms with van der Waals surface area (Å²) in [4.78, 5) is 18.8. The smallest absolute Gasteiger partial charge is 0.251 e. The van der Waals surface area contributed by atoms with E-state index in [2.05, 4.69) is 37.8 Å². The molecular weight excluding hydrogens is 405 g/mol. The van der Waals surface area contributed by atoms with Crippen molar-refractivity contribution in [1.29, 1.82) is 0 Å². The van der Waals surface area contributed by atoms with Crippen LogP contribution in [-0.2, 0) is 11.3 Å². The standard InChI is InChI=1S/C17H18IN3O2/c18-15-4-2-14(3-5-15)17(22)20-12-13-1-6-16(19-11-13)21-7-9-23-10-8-21/h1-6,11H,7-10,12H2,(H,20,22). The van der Waals surface area contributed by atoms with Crippen molar-refractivity contribution in [2.75, 3.05) is 31.2 Å². The summed E-state index contributed by atoms with van der Waals surface area (Å²) in [5.74, 6) is 0.889. The number of nitrogens with zero attached hydrogens (tertiary/aromatic N) is 2. The van der Waals surface area contributed by atoms with Crippen molar-refractivity contribution in [2.24, 2.45) is 0 Å². The topological polar surface area (TPSA) is 54.5 Å². The van der Waals surface area contributed by atoms with Crippen LogP contribution in [0.1, 0.15) is 15.9 Å². The Morgan fingerprint density at radius 1 is 1.17 bits per heavy atom. The molecule has 1 aromatic heterocycles. The molecule has 0 radical (unpaired) electrons. The third kappa shape index (κ3) is 4.42. The molecule has 1 fully saturated rings. The molecular formula is C17H18IN3O2. The molecule has 1 N–H and O–H groups in total. The molecule has 0 unspecified atom stereocenters. The zero-order valence-electron chi connectivity index (χ0n) is 12.7. The van der Waals surface area contributed by atoms with Gasteiger partial charge in [-0.15, -0.1) is 0 Å². The fourth-order valence-corrected chi connectivity index (χ4v) is 2.75. The number of amides is 1. The minimum atomic E-state index is -0.0707. The fourth-order valence-electron chi connectivity index (χ4n) is 2.39. The Labute approximate surface area is 149 Å². The SMILES string of the molecule is O=C(NCc1ccc(N2CCOCC2)nc1)c1ccc(I)cc1. The maximum atomic E-state index is 12.1. The first-order chi connectivity index (χ1) is 11.2. The average Bonchev–Trinajstić information content (AvgIpc) is 2.61. The van der Waals surface area contributed by atoms with E-state index in [1.807, 2.05) is 42.6 Å². The van der Waals surface area contributed by atoms with Gasteiger partial charge in [0.15, 0.2) is 0 Å². The number of nitrogens with one attached hydrogen (secondary N) is 1. The van der Waals surface area contributed by atoms with E-state index in [1.165, 1.54) is 0 Å². The number of benzene rings is 1. The van der Waals surface area contributed by atoms with Gasteiger partial charge in [0.1, 0.15) is 5.82 Å². The number of carbonyl (C=O) groups is 1. The summed E-state index contributed by atoms with van der Waals surface area (Å²) in [6, 6.07) is 11.5. The summed E-state index contributed by atoms with van der Waals surface area (Å²) < 4.78 is 6.45. The molecule has 5 nitrogen and oxygen atoms in total. The summed E-state index contributed by atoms with van der Waals surface area (Å²) in [7, 11) is 0. The highest BCUT2D eigenvalue weighted by Crippen LogP contribution is 2.13. The zero-order valence-corrected chi connectivity index (χ0v) is 14.8. The molecule has 2 heterocycles. The van der Waals surface area contributed by atoms with Gasteiger partial charge in [0, 0.05) is 35.0 Å². The lowest BCUT2D eigenvalue weighted by molar-refractivity contribution is 0.0951. The fraction of sp³-hybridized carbons (Fsp3) is 0.294. The molecule has 0 aliphatic carbocycles. The molecule has 1 amide bonds. The Kier molecular flexibility index (Phi) is 5.45.